The number of hydrogen-bond acceptors (Lipinski definition) is 4. The van der Waals surface area contributed by atoms with Crippen LogP contribution in [0.4, 0.5) is 0 Å². The van der Waals surface area contributed by atoms with Crippen molar-refractivity contribution in [2.24, 2.45) is 5.41 Å². The molecule has 0 radical (unpaired) electrons. The molecule has 5 heteroatoms. The third kappa shape index (κ3) is 4.48. The summed E-state index contributed by atoms with van der Waals surface area (Å²) in [6.07, 6.45) is -0.603. The molecule has 0 atom stereocenters. The highest BCUT2D eigenvalue weighted by molar-refractivity contribution is 5.79. The van der Waals surface area contributed by atoms with Crippen molar-refractivity contribution in [1.82, 2.24) is 9.55 Å². The summed E-state index contributed by atoms with van der Waals surface area (Å²) in [5.41, 5.74) is 4.82. The molecule has 0 aliphatic carbocycles. The van der Waals surface area contributed by atoms with Crippen molar-refractivity contribution in [3.05, 3.63) is 102 Å². The van der Waals surface area contributed by atoms with Crippen LogP contribution in [0.5, 0.6) is 0 Å². The van der Waals surface area contributed by atoms with Gasteiger partial charge >= 0.3 is 0 Å². The van der Waals surface area contributed by atoms with Crippen LogP contribution >= 0.6 is 0 Å². The number of rotatable bonds is 6. The lowest BCUT2D eigenvalue weighted by Crippen LogP contribution is -2.39. The maximum Gasteiger partial charge on any atom is 0.217 e. The largest absolute Gasteiger partial charge is 0.396 e. The Bertz CT molecular complexity index is 1180. The first-order valence-corrected chi connectivity index (χ1v) is 11.3. The van der Waals surface area contributed by atoms with Crippen LogP contribution in [0.15, 0.2) is 91.0 Å². The number of aliphatic hydroxyl groups excluding tert-OH is 1. The fourth-order valence-corrected chi connectivity index (χ4v) is 4.15. The molecule has 1 N–H and O–H groups in total. The molecular weight excluding hydrogens is 412 g/mol. The van der Waals surface area contributed by atoms with Crippen molar-refractivity contribution in [2.75, 3.05) is 19.8 Å². The average Bonchev–Trinajstić information content (AvgIpc) is 3.25. The highest BCUT2D eigenvalue weighted by atomic mass is 16.7. The third-order valence-corrected chi connectivity index (χ3v) is 6.03. The molecule has 1 aliphatic rings. The average molecular weight is 441 g/mol. The van der Waals surface area contributed by atoms with Crippen molar-refractivity contribution >= 4 is 0 Å². The van der Waals surface area contributed by atoms with E-state index >= 15 is 0 Å². The van der Waals surface area contributed by atoms with Gasteiger partial charge in [-0.1, -0.05) is 97.9 Å². The Hall–Kier alpha value is -3.25. The molecule has 0 unspecified atom stereocenters. The molecule has 0 amide bonds. The summed E-state index contributed by atoms with van der Waals surface area (Å²) in [6.45, 7) is 3.44. The number of imidazole rings is 1. The molecule has 4 aromatic rings. The molecule has 1 saturated heterocycles. The van der Waals surface area contributed by atoms with E-state index in [-0.39, 0.29) is 6.61 Å². The SMILES string of the molecule is C[C@]1(CO)CO[C@@H](c2nc(-c3ccccc3)c(-c3ccccc3)n2Cc2ccccc2)OC1. The zero-order valence-corrected chi connectivity index (χ0v) is 18.7. The van der Waals surface area contributed by atoms with E-state index in [0.717, 1.165) is 28.3 Å². The second-order valence-corrected chi connectivity index (χ2v) is 8.89. The van der Waals surface area contributed by atoms with Gasteiger partial charge in [-0.25, -0.2) is 4.98 Å². The van der Waals surface area contributed by atoms with Crippen LogP contribution in [0.1, 0.15) is 24.6 Å². The number of ether oxygens (including phenoxy) is 2. The molecule has 5 rings (SSSR count). The third-order valence-electron chi connectivity index (χ3n) is 6.03. The first-order chi connectivity index (χ1) is 16.2. The summed E-state index contributed by atoms with van der Waals surface area (Å²) in [6, 6.07) is 30.9. The van der Waals surface area contributed by atoms with E-state index in [4.69, 9.17) is 14.5 Å². The van der Waals surface area contributed by atoms with E-state index in [1.807, 2.05) is 61.5 Å². The highest BCUT2D eigenvalue weighted by Gasteiger charge is 2.36. The minimum absolute atomic E-state index is 0.0166. The highest BCUT2D eigenvalue weighted by Crippen LogP contribution is 2.38. The molecule has 3 aromatic carbocycles. The van der Waals surface area contributed by atoms with Crippen LogP contribution in [0, 0.1) is 5.41 Å². The standard InChI is InChI=1S/C28H28N2O3/c1-28(18-31)19-32-27(33-20-28)26-29-24(22-13-7-3-8-14-22)25(23-15-9-4-10-16-23)30(26)17-21-11-5-2-6-12-21/h2-16,27,31H,17-20H2,1H3/t27-,28+. The summed E-state index contributed by atoms with van der Waals surface area (Å²) in [5.74, 6) is 0.733. The molecule has 0 saturated carbocycles. The Labute approximate surface area is 194 Å². The molecule has 0 spiro atoms. The quantitative estimate of drug-likeness (QED) is 0.442. The number of nitrogens with zero attached hydrogens (tertiary/aromatic N) is 2. The van der Waals surface area contributed by atoms with Gasteiger partial charge < -0.3 is 19.1 Å². The Balaban J connectivity index is 1.67. The summed E-state index contributed by atoms with van der Waals surface area (Å²) < 4.78 is 14.5. The van der Waals surface area contributed by atoms with Crippen molar-refractivity contribution in [2.45, 2.75) is 19.8 Å². The number of aromatic nitrogens is 2. The molecule has 0 bridgehead atoms. The van der Waals surface area contributed by atoms with Crippen LogP contribution in [0.25, 0.3) is 22.5 Å². The van der Waals surface area contributed by atoms with Gasteiger partial charge in [0.15, 0.2) is 5.82 Å². The zero-order chi connectivity index (χ0) is 22.7. The Morgan fingerprint density at radius 2 is 1.39 bits per heavy atom. The molecule has 5 nitrogen and oxygen atoms in total. The van der Waals surface area contributed by atoms with E-state index in [2.05, 4.69) is 41.0 Å². The van der Waals surface area contributed by atoms with E-state index in [9.17, 15) is 5.11 Å². The molecule has 1 aromatic heterocycles. The maximum atomic E-state index is 9.72. The summed E-state index contributed by atoms with van der Waals surface area (Å²) >= 11 is 0. The molecule has 1 fully saturated rings. The predicted molar refractivity (Wildman–Crippen MR) is 128 cm³/mol. The second-order valence-electron chi connectivity index (χ2n) is 8.89. The fraction of sp³-hybridized carbons (Fsp3) is 0.250. The first-order valence-electron chi connectivity index (χ1n) is 11.3. The van der Waals surface area contributed by atoms with Crippen LogP contribution in [-0.4, -0.2) is 34.5 Å². The van der Waals surface area contributed by atoms with Crippen molar-refractivity contribution in [3.8, 4) is 22.5 Å². The van der Waals surface area contributed by atoms with Crippen molar-refractivity contribution in [1.29, 1.82) is 0 Å². The number of benzene rings is 3. The Kier molecular flexibility index (Phi) is 6.09. The molecule has 33 heavy (non-hydrogen) atoms. The molecule has 1 aliphatic heterocycles. The van der Waals surface area contributed by atoms with E-state index in [1.54, 1.807) is 0 Å². The smallest absolute Gasteiger partial charge is 0.217 e. The molecular formula is C28H28N2O3. The van der Waals surface area contributed by atoms with Gasteiger partial charge in [-0.2, -0.15) is 0 Å². The van der Waals surface area contributed by atoms with Gasteiger partial charge in [0.2, 0.25) is 6.29 Å². The summed E-state index contributed by atoms with van der Waals surface area (Å²) in [5, 5.41) is 9.72. The van der Waals surface area contributed by atoms with Gasteiger partial charge in [0.05, 0.1) is 31.2 Å². The van der Waals surface area contributed by atoms with Gasteiger partial charge in [0.1, 0.15) is 0 Å². The van der Waals surface area contributed by atoms with E-state index < -0.39 is 11.7 Å². The number of hydrogen-bond donors (Lipinski definition) is 1. The Morgan fingerprint density at radius 1 is 0.848 bits per heavy atom. The predicted octanol–water partition coefficient (Wildman–Crippen LogP) is 5.31. The lowest BCUT2D eigenvalue weighted by molar-refractivity contribution is -0.240. The first kappa shape index (κ1) is 21.6. The van der Waals surface area contributed by atoms with Gasteiger partial charge in [-0.15, -0.1) is 0 Å². The van der Waals surface area contributed by atoms with E-state index in [1.165, 1.54) is 5.56 Å². The molecule has 168 valence electrons. The van der Waals surface area contributed by atoms with Gasteiger partial charge in [-0.3, -0.25) is 0 Å². The topological polar surface area (TPSA) is 56.5 Å². The Morgan fingerprint density at radius 3 is 1.97 bits per heavy atom. The van der Waals surface area contributed by atoms with Crippen molar-refractivity contribution in [3.63, 3.8) is 0 Å². The zero-order valence-electron chi connectivity index (χ0n) is 18.7. The van der Waals surface area contributed by atoms with Crippen LogP contribution < -0.4 is 0 Å². The summed E-state index contributed by atoms with van der Waals surface area (Å²) in [7, 11) is 0. The van der Waals surface area contributed by atoms with Gasteiger partial charge in [0, 0.05) is 23.1 Å². The van der Waals surface area contributed by atoms with Crippen LogP contribution in [0.2, 0.25) is 0 Å². The van der Waals surface area contributed by atoms with Crippen LogP contribution in [0.3, 0.4) is 0 Å². The van der Waals surface area contributed by atoms with Crippen molar-refractivity contribution < 1.29 is 14.6 Å². The fourth-order valence-electron chi connectivity index (χ4n) is 4.15. The number of aliphatic hydroxyl groups is 1. The minimum Gasteiger partial charge on any atom is -0.396 e. The normalized spacial score (nSPS) is 20.6. The monoisotopic (exact) mass is 440 g/mol. The summed E-state index contributed by atoms with van der Waals surface area (Å²) in [4.78, 5) is 5.10. The van der Waals surface area contributed by atoms with Gasteiger partial charge in [-0.05, 0) is 5.56 Å². The lowest BCUT2D eigenvalue weighted by Gasteiger charge is -2.35. The second kappa shape index (κ2) is 9.32. The maximum absolute atomic E-state index is 9.72. The lowest BCUT2D eigenvalue weighted by atomic mass is 9.94. The minimum atomic E-state index is -0.603. The van der Waals surface area contributed by atoms with Crippen LogP contribution in [-0.2, 0) is 16.0 Å². The van der Waals surface area contributed by atoms with E-state index in [0.29, 0.717) is 19.8 Å². The molecule has 2 heterocycles. The van der Waals surface area contributed by atoms with Gasteiger partial charge in [0.25, 0.3) is 0 Å².